The molecule has 0 spiro atoms. The van der Waals surface area contributed by atoms with Gasteiger partial charge in [-0.3, -0.25) is 4.79 Å². The number of amides is 1. The zero-order valence-corrected chi connectivity index (χ0v) is 11.5. The molecule has 6 nitrogen and oxygen atoms in total. The normalized spacial score (nSPS) is 10.3. The van der Waals surface area contributed by atoms with Crippen molar-refractivity contribution in [1.29, 1.82) is 0 Å². The van der Waals surface area contributed by atoms with Crippen LogP contribution < -0.4 is 5.32 Å². The summed E-state index contributed by atoms with van der Waals surface area (Å²) in [7, 11) is 0. The molecule has 0 bridgehead atoms. The lowest BCUT2D eigenvalue weighted by atomic mass is 10.2. The number of hydrogen-bond donors (Lipinski definition) is 2. The van der Waals surface area contributed by atoms with Gasteiger partial charge in [-0.25, -0.2) is 9.78 Å². The SMILES string of the molecule is C=C(C)OC(=O)CNC(=O)c1cnc2[nH]ccc2c1Cl. The summed E-state index contributed by atoms with van der Waals surface area (Å²) in [5, 5.41) is 3.33. The van der Waals surface area contributed by atoms with Crippen LogP contribution >= 0.6 is 11.6 Å². The molecule has 104 valence electrons. The predicted molar refractivity (Wildman–Crippen MR) is 74.3 cm³/mol. The summed E-state index contributed by atoms with van der Waals surface area (Å²) in [5.74, 6) is -0.834. The van der Waals surface area contributed by atoms with Gasteiger partial charge in [-0.2, -0.15) is 0 Å². The minimum atomic E-state index is -0.599. The van der Waals surface area contributed by atoms with Crippen LogP contribution in [-0.2, 0) is 9.53 Å². The second kappa shape index (κ2) is 5.75. The van der Waals surface area contributed by atoms with Crippen LogP contribution in [0.25, 0.3) is 11.0 Å². The summed E-state index contributed by atoms with van der Waals surface area (Å²) in [6.45, 7) is 4.70. The van der Waals surface area contributed by atoms with E-state index in [1.54, 1.807) is 19.2 Å². The van der Waals surface area contributed by atoms with Gasteiger partial charge in [0.1, 0.15) is 12.2 Å². The third-order valence-electron chi connectivity index (χ3n) is 2.45. The molecule has 0 saturated carbocycles. The Morgan fingerprint density at radius 2 is 2.30 bits per heavy atom. The maximum atomic E-state index is 11.9. The van der Waals surface area contributed by atoms with Gasteiger partial charge in [-0.05, 0) is 13.0 Å². The van der Waals surface area contributed by atoms with Gasteiger partial charge >= 0.3 is 5.97 Å². The Bertz CT molecular complexity index is 693. The van der Waals surface area contributed by atoms with Gasteiger partial charge in [0.25, 0.3) is 5.91 Å². The Morgan fingerprint density at radius 1 is 1.55 bits per heavy atom. The van der Waals surface area contributed by atoms with E-state index in [4.69, 9.17) is 16.3 Å². The van der Waals surface area contributed by atoms with Crippen LogP contribution in [0.15, 0.2) is 30.8 Å². The number of ether oxygens (including phenoxy) is 1. The molecule has 0 radical (unpaired) electrons. The Morgan fingerprint density at radius 3 is 3.00 bits per heavy atom. The molecular weight excluding hydrogens is 282 g/mol. The smallest absolute Gasteiger partial charge is 0.330 e. The number of esters is 1. The van der Waals surface area contributed by atoms with Crippen LogP contribution in [0.2, 0.25) is 5.02 Å². The molecule has 1 amide bonds. The first kappa shape index (κ1) is 14.1. The zero-order chi connectivity index (χ0) is 14.7. The Balaban J connectivity index is 2.09. The van der Waals surface area contributed by atoms with E-state index < -0.39 is 11.9 Å². The van der Waals surface area contributed by atoms with Crippen molar-refractivity contribution >= 4 is 34.5 Å². The van der Waals surface area contributed by atoms with Crippen molar-refractivity contribution in [3.63, 3.8) is 0 Å². The number of rotatable bonds is 4. The number of halogens is 1. The molecule has 0 atom stereocenters. The fourth-order valence-electron chi connectivity index (χ4n) is 1.61. The fourth-order valence-corrected chi connectivity index (χ4v) is 1.90. The Hall–Kier alpha value is -2.34. The number of aromatic nitrogens is 2. The summed E-state index contributed by atoms with van der Waals surface area (Å²) >= 11 is 6.13. The van der Waals surface area contributed by atoms with E-state index in [1.165, 1.54) is 6.20 Å². The van der Waals surface area contributed by atoms with Gasteiger partial charge in [0.2, 0.25) is 0 Å². The predicted octanol–water partition coefficient (Wildman–Crippen LogP) is 2.02. The third kappa shape index (κ3) is 2.97. The van der Waals surface area contributed by atoms with Crippen molar-refractivity contribution in [3.05, 3.63) is 41.4 Å². The lowest BCUT2D eigenvalue weighted by Crippen LogP contribution is -2.30. The van der Waals surface area contributed by atoms with Crippen LogP contribution in [0, 0.1) is 0 Å². The van der Waals surface area contributed by atoms with Gasteiger partial charge in [0.15, 0.2) is 0 Å². The van der Waals surface area contributed by atoms with E-state index in [0.29, 0.717) is 11.0 Å². The highest BCUT2D eigenvalue weighted by atomic mass is 35.5. The van der Waals surface area contributed by atoms with E-state index >= 15 is 0 Å². The summed E-state index contributed by atoms with van der Waals surface area (Å²) < 4.78 is 4.72. The molecule has 0 aromatic carbocycles. The quantitative estimate of drug-likeness (QED) is 0.667. The lowest BCUT2D eigenvalue weighted by molar-refractivity contribution is -0.138. The van der Waals surface area contributed by atoms with Crippen molar-refractivity contribution in [2.75, 3.05) is 6.54 Å². The lowest BCUT2D eigenvalue weighted by Gasteiger charge is -2.07. The van der Waals surface area contributed by atoms with Gasteiger partial charge in [-0.15, -0.1) is 0 Å². The highest BCUT2D eigenvalue weighted by Gasteiger charge is 2.15. The topological polar surface area (TPSA) is 84.1 Å². The summed E-state index contributed by atoms with van der Waals surface area (Å²) in [6, 6.07) is 1.72. The molecule has 2 N–H and O–H groups in total. The first-order valence-corrected chi connectivity index (χ1v) is 6.13. The molecule has 2 heterocycles. The molecule has 0 aliphatic heterocycles. The summed E-state index contributed by atoms with van der Waals surface area (Å²) in [5.41, 5.74) is 0.787. The van der Waals surface area contributed by atoms with Crippen LogP contribution in [-0.4, -0.2) is 28.4 Å². The van der Waals surface area contributed by atoms with E-state index in [2.05, 4.69) is 21.9 Å². The van der Waals surface area contributed by atoms with Crippen LogP contribution in [0.3, 0.4) is 0 Å². The van der Waals surface area contributed by atoms with Crippen LogP contribution in [0.5, 0.6) is 0 Å². The Labute approximate surface area is 119 Å². The molecule has 2 aromatic heterocycles. The molecule has 7 heteroatoms. The zero-order valence-electron chi connectivity index (χ0n) is 10.7. The maximum Gasteiger partial charge on any atom is 0.330 e. The minimum absolute atomic E-state index is 0.196. The molecule has 2 aromatic rings. The number of aromatic amines is 1. The number of nitrogens with zero attached hydrogens (tertiary/aromatic N) is 1. The first-order valence-electron chi connectivity index (χ1n) is 5.75. The van der Waals surface area contributed by atoms with Crippen molar-refractivity contribution in [2.24, 2.45) is 0 Å². The second-order valence-corrected chi connectivity index (χ2v) is 4.46. The summed E-state index contributed by atoms with van der Waals surface area (Å²) in [4.78, 5) is 30.2. The van der Waals surface area contributed by atoms with Gasteiger partial charge in [0.05, 0.1) is 16.3 Å². The molecule has 0 unspecified atom stereocenters. The fraction of sp³-hybridized carbons (Fsp3) is 0.154. The van der Waals surface area contributed by atoms with E-state index in [9.17, 15) is 9.59 Å². The van der Waals surface area contributed by atoms with Gasteiger partial charge in [-0.1, -0.05) is 18.2 Å². The van der Waals surface area contributed by atoms with E-state index in [1.807, 2.05) is 0 Å². The Kier molecular flexibility index (Phi) is 4.05. The van der Waals surface area contributed by atoms with Crippen molar-refractivity contribution < 1.29 is 14.3 Å². The average Bonchev–Trinajstić information content (AvgIpc) is 2.85. The van der Waals surface area contributed by atoms with Crippen molar-refractivity contribution in [3.8, 4) is 0 Å². The number of allylic oxidation sites excluding steroid dienone is 1. The van der Waals surface area contributed by atoms with E-state index in [-0.39, 0.29) is 22.9 Å². The molecule has 0 saturated heterocycles. The highest BCUT2D eigenvalue weighted by Crippen LogP contribution is 2.24. The number of carbonyl (C=O) groups is 2. The first-order chi connectivity index (χ1) is 9.49. The van der Waals surface area contributed by atoms with Crippen LogP contribution in [0.4, 0.5) is 0 Å². The minimum Gasteiger partial charge on any atom is -0.431 e. The number of carbonyl (C=O) groups excluding carboxylic acids is 2. The maximum absolute atomic E-state index is 11.9. The van der Waals surface area contributed by atoms with Crippen LogP contribution in [0.1, 0.15) is 17.3 Å². The molecular formula is C13H12ClN3O3. The standard InChI is InChI=1S/C13H12ClN3O3/c1-7(2)20-10(18)6-17-13(19)9-5-16-12-8(11(9)14)3-4-15-12/h3-5H,1,6H2,2H3,(H,15,16)(H,17,19). The number of nitrogens with one attached hydrogen (secondary N) is 2. The van der Waals surface area contributed by atoms with Crippen molar-refractivity contribution in [1.82, 2.24) is 15.3 Å². The average molecular weight is 294 g/mol. The van der Waals surface area contributed by atoms with Crippen molar-refractivity contribution in [2.45, 2.75) is 6.92 Å². The second-order valence-electron chi connectivity index (χ2n) is 4.08. The molecule has 0 aliphatic rings. The molecule has 0 aliphatic carbocycles. The number of pyridine rings is 1. The number of fused-ring (bicyclic) bond motifs is 1. The number of H-pyrrole nitrogens is 1. The molecule has 20 heavy (non-hydrogen) atoms. The summed E-state index contributed by atoms with van der Waals surface area (Å²) in [6.07, 6.45) is 3.02. The largest absolute Gasteiger partial charge is 0.431 e. The van der Waals surface area contributed by atoms with Gasteiger partial charge < -0.3 is 15.0 Å². The van der Waals surface area contributed by atoms with E-state index in [0.717, 1.165) is 0 Å². The highest BCUT2D eigenvalue weighted by molar-refractivity contribution is 6.38. The monoisotopic (exact) mass is 293 g/mol. The molecule has 2 rings (SSSR count). The third-order valence-corrected chi connectivity index (χ3v) is 2.85. The van der Waals surface area contributed by atoms with Gasteiger partial charge in [0, 0.05) is 17.8 Å². The molecule has 0 fully saturated rings. The number of hydrogen-bond acceptors (Lipinski definition) is 4.